The van der Waals surface area contributed by atoms with Gasteiger partial charge < -0.3 is 5.32 Å². The van der Waals surface area contributed by atoms with E-state index in [-0.39, 0.29) is 11.7 Å². The molecule has 0 saturated heterocycles. The highest BCUT2D eigenvalue weighted by molar-refractivity contribution is 8.00. The molecule has 8 heteroatoms. The molecule has 1 amide bonds. The van der Waals surface area contributed by atoms with E-state index in [0.29, 0.717) is 16.2 Å². The van der Waals surface area contributed by atoms with Crippen molar-refractivity contribution in [2.24, 2.45) is 7.05 Å². The molecule has 22 heavy (non-hydrogen) atoms. The van der Waals surface area contributed by atoms with Crippen LogP contribution in [0.1, 0.15) is 5.56 Å². The maximum absolute atomic E-state index is 12.0. The normalized spacial score (nSPS) is 10.8. The molecule has 7 nitrogen and oxygen atoms in total. The van der Waals surface area contributed by atoms with E-state index in [2.05, 4.69) is 25.6 Å². The molecule has 2 aromatic heterocycles. The summed E-state index contributed by atoms with van der Waals surface area (Å²) in [5.74, 6) is 0.155. The molecular formula is C14H14N6OS. The number of fused-ring (bicyclic) bond motifs is 1. The van der Waals surface area contributed by atoms with Crippen molar-refractivity contribution in [3.05, 3.63) is 36.2 Å². The Morgan fingerprint density at radius 1 is 1.36 bits per heavy atom. The minimum atomic E-state index is -0.0914. The summed E-state index contributed by atoms with van der Waals surface area (Å²) in [5.41, 5.74) is 3.15. The molecule has 0 fully saturated rings. The van der Waals surface area contributed by atoms with E-state index in [0.717, 1.165) is 11.3 Å². The summed E-state index contributed by atoms with van der Waals surface area (Å²) in [6.45, 7) is 1.98. The Labute approximate surface area is 131 Å². The number of rotatable bonds is 4. The van der Waals surface area contributed by atoms with Crippen LogP contribution in [0.3, 0.4) is 0 Å². The highest BCUT2D eigenvalue weighted by Crippen LogP contribution is 2.22. The Morgan fingerprint density at radius 2 is 2.23 bits per heavy atom. The summed E-state index contributed by atoms with van der Waals surface area (Å²) < 4.78 is 1.58. The van der Waals surface area contributed by atoms with Crippen LogP contribution >= 0.6 is 11.8 Å². The lowest BCUT2D eigenvalue weighted by molar-refractivity contribution is -0.113. The van der Waals surface area contributed by atoms with Gasteiger partial charge in [0.25, 0.3) is 0 Å². The number of thioether (sulfide) groups is 1. The number of carbonyl (C=O) groups is 1. The van der Waals surface area contributed by atoms with E-state index < -0.39 is 0 Å². The summed E-state index contributed by atoms with van der Waals surface area (Å²) in [7, 11) is 1.77. The maximum Gasteiger partial charge on any atom is 0.234 e. The predicted molar refractivity (Wildman–Crippen MR) is 84.6 cm³/mol. The molecule has 112 valence electrons. The SMILES string of the molecule is Cc1cccc(NC(=O)CSc2ncnc3c2nnn3C)c1. The Kier molecular flexibility index (Phi) is 4.01. The number of hydrogen-bond acceptors (Lipinski definition) is 6. The number of aromatic nitrogens is 5. The molecule has 1 aromatic carbocycles. The first-order valence-corrected chi connectivity index (χ1v) is 7.62. The second kappa shape index (κ2) is 6.10. The van der Waals surface area contributed by atoms with E-state index in [9.17, 15) is 4.79 Å². The predicted octanol–water partition coefficient (Wildman–Crippen LogP) is 1.80. The Morgan fingerprint density at radius 3 is 3.05 bits per heavy atom. The number of amides is 1. The fourth-order valence-electron chi connectivity index (χ4n) is 1.99. The van der Waals surface area contributed by atoms with E-state index in [1.54, 1.807) is 11.7 Å². The highest BCUT2D eigenvalue weighted by atomic mass is 32.2. The molecule has 0 saturated carbocycles. The average Bonchev–Trinajstić information content (AvgIpc) is 2.87. The first-order chi connectivity index (χ1) is 10.6. The van der Waals surface area contributed by atoms with Crippen LogP contribution in [0.2, 0.25) is 0 Å². The van der Waals surface area contributed by atoms with Gasteiger partial charge in [-0.2, -0.15) is 0 Å². The van der Waals surface area contributed by atoms with Crippen LogP contribution in [0, 0.1) is 6.92 Å². The summed E-state index contributed by atoms with van der Waals surface area (Å²) in [6.07, 6.45) is 1.45. The monoisotopic (exact) mass is 314 g/mol. The smallest absolute Gasteiger partial charge is 0.234 e. The number of carbonyl (C=O) groups excluding carboxylic acids is 1. The molecule has 1 N–H and O–H groups in total. The number of nitrogens with zero attached hydrogens (tertiary/aromatic N) is 5. The van der Waals surface area contributed by atoms with Crippen LogP contribution < -0.4 is 5.32 Å². The fraction of sp³-hybridized carbons (Fsp3) is 0.214. The molecule has 3 rings (SSSR count). The van der Waals surface area contributed by atoms with Gasteiger partial charge in [-0.3, -0.25) is 4.79 Å². The van der Waals surface area contributed by atoms with E-state index in [1.807, 2.05) is 31.2 Å². The van der Waals surface area contributed by atoms with E-state index in [1.165, 1.54) is 18.1 Å². The molecule has 0 aliphatic rings. The fourth-order valence-corrected chi connectivity index (χ4v) is 2.72. The average molecular weight is 314 g/mol. The van der Waals surface area contributed by atoms with Gasteiger partial charge in [0.2, 0.25) is 5.91 Å². The van der Waals surface area contributed by atoms with Crippen molar-refractivity contribution >= 4 is 34.5 Å². The molecule has 3 aromatic rings. The van der Waals surface area contributed by atoms with Crippen LogP contribution in [-0.4, -0.2) is 36.6 Å². The number of hydrogen-bond donors (Lipinski definition) is 1. The third kappa shape index (κ3) is 3.06. The van der Waals surface area contributed by atoms with Gasteiger partial charge >= 0.3 is 0 Å². The second-order valence-electron chi connectivity index (χ2n) is 4.77. The van der Waals surface area contributed by atoms with Crippen molar-refractivity contribution in [3.63, 3.8) is 0 Å². The summed E-state index contributed by atoms with van der Waals surface area (Å²) >= 11 is 1.32. The summed E-state index contributed by atoms with van der Waals surface area (Å²) in [5, 5.41) is 11.5. The number of benzene rings is 1. The van der Waals surface area contributed by atoms with E-state index in [4.69, 9.17) is 0 Å². The van der Waals surface area contributed by atoms with Gasteiger partial charge in [-0.1, -0.05) is 29.1 Å². The summed E-state index contributed by atoms with van der Waals surface area (Å²) in [6, 6.07) is 7.68. The first kappa shape index (κ1) is 14.5. The van der Waals surface area contributed by atoms with Crippen molar-refractivity contribution in [1.29, 1.82) is 0 Å². The lowest BCUT2D eigenvalue weighted by Gasteiger charge is -2.05. The topological polar surface area (TPSA) is 85.6 Å². The van der Waals surface area contributed by atoms with Crippen molar-refractivity contribution < 1.29 is 4.79 Å². The van der Waals surface area contributed by atoms with Gasteiger partial charge in [0.05, 0.1) is 5.75 Å². The van der Waals surface area contributed by atoms with E-state index >= 15 is 0 Å². The maximum atomic E-state index is 12.0. The van der Waals surface area contributed by atoms with Crippen LogP contribution in [-0.2, 0) is 11.8 Å². The number of nitrogens with one attached hydrogen (secondary N) is 1. The number of aryl methyl sites for hydroxylation is 2. The van der Waals surface area contributed by atoms with Gasteiger partial charge in [0.15, 0.2) is 11.2 Å². The highest BCUT2D eigenvalue weighted by Gasteiger charge is 2.12. The molecule has 2 heterocycles. The largest absolute Gasteiger partial charge is 0.325 e. The van der Waals surface area contributed by atoms with Gasteiger partial charge in [-0.05, 0) is 24.6 Å². The van der Waals surface area contributed by atoms with Crippen LogP contribution in [0.25, 0.3) is 11.2 Å². The molecule has 0 atom stereocenters. The zero-order valence-electron chi connectivity index (χ0n) is 12.1. The van der Waals surface area contributed by atoms with Crippen molar-refractivity contribution in [2.45, 2.75) is 11.9 Å². The second-order valence-corrected chi connectivity index (χ2v) is 5.73. The Balaban J connectivity index is 1.67. The zero-order valence-corrected chi connectivity index (χ0v) is 13.0. The van der Waals surface area contributed by atoms with Crippen LogP contribution in [0.5, 0.6) is 0 Å². The van der Waals surface area contributed by atoms with Crippen molar-refractivity contribution in [2.75, 3.05) is 11.1 Å². The minimum Gasteiger partial charge on any atom is -0.325 e. The molecule has 0 aliphatic carbocycles. The quantitative estimate of drug-likeness (QED) is 0.584. The Hall–Kier alpha value is -2.48. The van der Waals surface area contributed by atoms with Gasteiger partial charge in [-0.15, -0.1) is 5.10 Å². The Bertz CT molecular complexity index is 831. The molecular weight excluding hydrogens is 300 g/mol. The molecule has 0 spiro atoms. The van der Waals surface area contributed by atoms with Gasteiger partial charge in [-0.25, -0.2) is 14.6 Å². The van der Waals surface area contributed by atoms with Gasteiger partial charge in [0, 0.05) is 12.7 Å². The third-order valence-electron chi connectivity index (χ3n) is 3.00. The van der Waals surface area contributed by atoms with Crippen LogP contribution in [0.15, 0.2) is 35.6 Å². The number of anilines is 1. The van der Waals surface area contributed by atoms with Crippen LogP contribution in [0.4, 0.5) is 5.69 Å². The summed E-state index contributed by atoms with van der Waals surface area (Å²) in [4.78, 5) is 20.3. The third-order valence-corrected chi connectivity index (χ3v) is 3.98. The van der Waals surface area contributed by atoms with Crippen molar-refractivity contribution in [1.82, 2.24) is 25.0 Å². The van der Waals surface area contributed by atoms with Crippen molar-refractivity contribution in [3.8, 4) is 0 Å². The standard InChI is InChI=1S/C14H14N6OS/c1-9-4-3-5-10(6-9)17-11(21)7-22-14-12-13(15-8-16-14)20(2)19-18-12/h3-6,8H,7H2,1-2H3,(H,17,21). The molecule has 0 bridgehead atoms. The zero-order chi connectivity index (χ0) is 15.5. The molecule has 0 unspecified atom stereocenters. The first-order valence-electron chi connectivity index (χ1n) is 6.63. The lowest BCUT2D eigenvalue weighted by atomic mass is 10.2. The van der Waals surface area contributed by atoms with Gasteiger partial charge in [0.1, 0.15) is 11.4 Å². The molecule has 0 radical (unpaired) electrons. The molecule has 0 aliphatic heterocycles. The minimum absolute atomic E-state index is 0.0914. The lowest BCUT2D eigenvalue weighted by Crippen LogP contribution is -2.14.